The number of nitrogens with zero attached hydrogens (tertiary/aromatic N) is 1. The highest BCUT2D eigenvalue weighted by Crippen LogP contribution is 2.09. The van der Waals surface area contributed by atoms with Gasteiger partial charge in [-0.15, -0.1) is 0 Å². The lowest BCUT2D eigenvalue weighted by Gasteiger charge is -2.15. The zero-order chi connectivity index (χ0) is 13.7. The monoisotopic (exact) mass is 257 g/mol. The summed E-state index contributed by atoms with van der Waals surface area (Å²) >= 11 is 0. The van der Waals surface area contributed by atoms with Crippen molar-refractivity contribution in [3.63, 3.8) is 0 Å². The molecule has 0 atom stereocenters. The summed E-state index contributed by atoms with van der Waals surface area (Å²) in [7, 11) is 2.54. The van der Waals surface area contributed by atoms with E-state index in [1.165, 1.54) is 13.1 Å². The lowest BCUT2D eigenvalue weighted by Crippen LogP contribution is -2.35. The van der Waals surface area contributed by atoms with Gasteiger partial charge in [0.05, 0.1) is 7.11 Å². The van der Waals surface area contributed by atoms with E-state index in [4.69, 9.17) is 0 Å². The second-order valence-electron chi connectivity index (χ2n) is 3.72. The smallest absolute Gasteiger partial charge is 0.396 e. The summed E-state index contributed by atoms with van der Waals surface area (Å²) in [5, 5.41) is 0. The first-order chi connectivity index (χ1) is 8.45. The Morgan fingerprint density at radius 1 is 1.28 bits per heavy atom. The van der Waals surface area contributed by atoms with Gasteiger partial charge < -0.3 is 9.64 Å². The molecule has 4 nitrogen and oxygen atoms in total. The van der Waals surface area contributed by atoms with Crippen molar-refractivity contribution in [1.82, 2.24) is 4.90 Å². The summed E-state index contributed by atoms with van der Waals surface area (Å²) in [5.74, 6) is -3.59. The van der Waals surface area contributed by atoms with Gasteiger partial charge >= 0.3 is 11.9 Å². The lowest BCUT2D eigenvalue weighted by molar-refractivity contribution is -0.157. The van der Waals surface area contributed by atoms with Gasteiger partial charge in [0.2, 0.25) is 0 Å². The van der Waals surface area contributed by atoms with E-state index in [1.54, 1.807) is 0 Å². The summed E-state index contributed by atoms with van der Waals surface area (Å²) < 4.78 is 29.9. The van der Waals surface area contributed by atoms with Gasteiger partial charge in [-0.05, 0) is 24.1 Å². The number of hydrogen-bond donors (Lipinski definition) is 0. The summed E-state index contributed by atoms with van der Waals surface area (Å²) in [6, 6.07) is 3.51. The quantitative estimate of drug-likeness (QED) is 0.602. The number of likely N-dealkylation sites (N-methyl/N-ethyl adjacent to an activating group) is 1. The van der Waals surface area contributed by atoms with Gasteiger partial charge in [-0.2, -0.15) is 0 Å². The molecule has 1 aromatic carbocycles. The first-order valence-corrected chi connectivity index (χ1v) is 5.23. The highest BCUT2D eigenvalue weighted by molar-refractivity contribution is 6.32. The minimum Gasteiger partial charge on any atom is -0.462 e. The Morgan fingerprint density at radius 3 is 2.50 bits per heavy atom. The van der Waals surface area contributed by atoms with Crippen LogP contribution in [0, 0.1) is 11.6 Å². The van der Waals surface area contributed by atoms with Gasteiger partial charge in [-0.3, -0.25) is 4.79 Å². The van der Waals surface area contributed by atoms with Crippen LogP contribution in [0.5, 0.6) is 0 Å². The van der Waals surface area contributed by atoms with Crippen molar-refractivity contribution >= 4 is 11.9 Å². The van der Waals surface area contributed by atoms with E-state index in [-0.39, 0.29) is 6.54 Å². The van der Waals surface area contributed by atoms with Crippen molar-refractivity contribution in [2.45, 2.75) is 6.42 Å². The van der Waals surface area contributed by atoms with Crippen LogP contribution >= 0.6 is 0 Å². The van der Waals surface area contributed by atoms with Crippen LogP contribution in [0.4, 0.5) is 8.78 Å². The molecule has 0 saturated carbocycles. The van der Waals surface area contributed by atoms with Crippen LogP contribution in [0.25, 0.3) is 0 Å². The Bertz CT molecular complexity index is 463. The van der Waals surface area contributed by atoms with Gasteiger partial charge in [0, 0.05) is 13.6 Å². The van der Waals surface area contributed by atoms with Crippen LogP contribution in [0.3, 0.4) is 0 Å². The lowest BCUT2D eigenvalue weighted by atomic mass is 10.1. The number of ether oxygens (including phenoxy) is 1. The fourth-order valence-electron chi connectivity index (χ4n) is 1.34. The van der Waals surface area contributed by atoms with Crippen molar-refractivity contribution in [2.75, 3.05) is 20.7 Å². The highest BCUT2D eigenvalue weighted by atomic mass is 19.2. The van der Waals surface area contributed by atoms with Gasteiger partial charge in [-0.25, -0.2) is 13.6 Å². The van der Waals surface area contributed by atoms with Crippen LogP contribution < -0.4 is 0 Å². The zero-order valence-corrected chi connectivity index (χ0v) is 10.1. The molecule has 6 heteroatoms. The average Bonchev–Trinajstić information content (AvgIpc) is 2.37. The number of benzene rings is 1. The Labute approximate surface area is 103 Å². The van der Waals surface area contributed by atoms with Gasteiger partial charge in [0.1, 0.15) is 0 Å². The molecule has 0 aromatic heterocycles. The molecule has 0 saturated heterocycles. The maximum atomic E-state index is 12.9. The molecule has 1 amide bonds. The number of methoxy groups -OCH3 is 1. The van der Waals surface area contributed by atoms with Crippen LogP contribution in [-0.4, -0.2) is 37.5 Å². The predicted octanol–water partition coefficient (Wildman–Crippen LogP) is 1.14. The second-order valence-corrected chi connectivity index (χ2v) is 3.72. The van der Waals surface area contributed by atoms with Gasteiger partial charge in [0.15, 0.2) is 11.6 Å². The highest BCUT2D eigenvalue weighted by Gasteiger charge is 2.18. The maximum Gasteiger partial charge on any atom is 0.396 e. The molecule has 0 radical (unpaired) electrons. The molecule has 98 valence electrons. The average molecular weight is 257 g/mol. The molecule has 0 spiro atoms. The second kappa shape index (κ2) is 6.09. The molecule has 0 aliphatic heterocycles. The summed E-state index contributed by atoms with van der Waals surface area (Å²) in [5.41, 5.74) is 0.540. The molecule has 0 aliphatic carbocycles. The number of carbonyl (C=O) groups excluding carboxylic acids is 2. The number of rotatable bonds is 3. The van der Waals surface area contributed by atoms with E-state index in [9.17, 15) is 18.4 Å². The molecule has 0 bridgehead atoms. The normalized spacial score (nSPS) is 10.0. The topological polar surface area (TPSA) is 46.6 Å². The fraction of sp³-hybridized carbons (Fsp3) is 0.333. The number of amides is 1. The Hall–Kier alpha value is -1.98. The van der Waals surface area contributed by atoms with E-state index in [0.717, 1.165) is 24.1 Å². The summed E-state index contributed by atoms with van der Waals surface area (Å²) in [6.45, 7) is 0.207. The molecular formula is C12H13F2NO3. The summed E-state index contributed by atoms with van der Waals surface area (Å²) in [4.78, 5) is 23.4. The fourth-order valence-corrected chi connectivity index (χ4v) is 1.34. The van der Waals surface area contributed by atoms with Gasteiger partial charge in [0.25, 0.3) is 0 Å². The van der Waals surface area contributed by atoms with E-state index < -0.39 is 23.5 Å². The molecule has 0 unspecified atom stereocenters. The SMILES string of the molecule is COC(=O)C(=O)N(C)CCc1ccc(F)c(F)c1. The van der Waals surface area contributed by atoms with E-state index >= 15 is 0 Å². The van der Waals surface area contributed by atoms with Crippen molar-refractivity contribution in [3.8, 4) is 0 Å². The predicted molar refractivity (Wildman–Crippen MR) is 59.7 cm³/mol. The van der Waals surface area contributed by atoms with Crippen molar-refractivity contribution in [3.05, 3.63) is 35.4 Å². The van der Waals surface area contributed by atoms with E-state index in [0.29, 0.717) is 12.0 Å². The summed E-state index contributed by atoms with van der Waals surface area (Å²) in [6.07, 6.45) is 0.316. The molecule has 18 heavy (non-hydrogen) atoms. The zero-order valence-electron chi connectivity index (χ0n) is 10.1. The third-order valence-corrected chi connectivity index (χ3v) is 2.43. The molecule has 0 heterocycles. The number of esters is 1. The van der Waals surface area contributed by atoms with E-state index in [1.807, 2.05) is 0 Å². The van der Waals surface area contributed by atoms with E-state index in [2.05, 4.69) is 4.74 Å². The molecule has 0 fully saturated rings. The Kier molecular flexibility index (Phi) is 4.76. The standard InChI is InChI=1S/C12H13F2NO3/c1-15(11(16)12(17)18-2)6-5-8-3-4-9(13)10(14)7-8/h3-4,7H,5-6H2,1-2H3. The number of hydrogen-bond acceptors (Lipinski definition) is 3. The van der Waals surface area contributed by atoms with Crippen LogP contribution in [-0.2, 0) is 20.7 Å². The van der Waals surface area contributed by atoms with Crippen molar-refractivity contribution in [1.29, 1.82) is 0 Å². The maximum absolute atomic E-state index is 12.9. The number of halogens is 2. The molecule has 0 aliphatic rings. The van der Waals surface area contributed by atoms with Crippen LogP contribution in [0.15, 0.2) is 18.2 Å². The Balaban J connectivity index is 2.57. The third-order valence-electron chi connectivity index (χ3n) is 2.43. The molecular weight excluding hydrogens is 244 g/mol. The minimum absolute atomic E-state index is 0.207. The van der Waals surface area contributed by atoms with Crippen LogP contribution in [0.1, 0.15) is 5.56 Å². The van der Waals surface area contributed by atoms with Crippen molar-refractivity contribution in [2.24, 2.45) is 0 Å². The molecule has 1 aromatic rings. The minimum atomic E-state index is -0.956. The molecule has 1 rings (SSSR count). The first-order valence-electron chi connectivity index (χ1n) is 5.23. The van der Waals surface area contributed by atoms with Gasteiger partial charge in [-0.1, -0.05) is 6.07 Å². The first kappa shape index (κ1) is 14.1. The van der Waals surface area contributed by atoms with Crippen LogP contribution in [0.2, 0.25) is 0 Å². The largest absolute Gasteiger partial charge is 0.462 e. The number of carbonyl (C=O) groups is 2. The van der Waals surface area contributed by atoms with Crippen molar-refractivity contribution < 1.29 is 23.1 Å². The molecule has 0 N–H and O–H groups in total. The third kappa shape index (κ3) is 3.51. The Morgan fingerprint density at radius 2 is 1.94 bits per heavy atom.